The van der Waals surface area contributed by atoms with Crippen molar-refractivity contribution < 1.29 is 9.53 Å². The van der Waals surface area contributed by atoms with Crippen LogP contribution in [-0.4, -0.2) is 22.8 Å². The number of nitrogen functional groups attached to an aromatic ring is 1. The number of carbonyl (C=O) groups is 1. The number of hydrogen-bond donors (Lipinski definition) is 2. The van der Waals surface area contributed by atoms with Gasteiger partial charge in [0.15, 0.2) is 0 Å². The van der Waals surface area contributed by atoms with Gasteiger partial charge in [0.2, 0.25) is 5.91 Å². The lowest BCUT2D eigenvalue weighted by atomic mass is 10.2. The number of methoxy groups -OCH3 is 1. The third-order valence-electron chi connectivity index (χ3n) is 2.61. The first-order valence-corrected chi connectivity index (χ1v) is 5.85. The van der Waals surface area contributed by atoms with E-state index in [4.69, 9.17) is 10.5 Å². The zero-order chi connectivity index (χ0) is 13.7. The number of carbonyl (C=O) groups excluding carboxylic acids is 1. The zero-order valence-corrected chi connectivity index (χ0v) is 10.7. The molecule has 0 fully saturated rings. The van der Waals surface area contributed by atoms with Gasteiger partial charge in [0.05, 0.1) is 19.0 Å². The summed E-state index contributed by atoms with van der Waals surface area (Å²) in [6.07, 6.45) is 3.13. The Hall–Kier alpha value is -2.50. The van der Waals surface area contributed by atoms with Gasteiger partial charge in [-0.05, 0) is 17.7 Å². The van der Waals surface area contributed by atoms with Crippen molar-refractivity contribution in [3.05, 3.63) is 42.2 Å². The first-order chi connectivity index (χ1) is 9.17. The second-order valence-corrected chi connectivity index (χ2v) is 4.10. The molecule has 0 saturated carbocycles. The molecule has 0 aliphatic heterocycles. The average molecular weight is 260 g/mol. The van der Waals surface area contributed by atoms with Crippen LogP contribution in [0.25, 0.3) is 0 Å². The van der Waals surface area contributed by atoms with Gasteiger partial charge in [0.25, 0.3) is 0 Å². The molecule has 1 heterocycles. The van der Waals surface area contributed by atoms with Crippen LogP contribution >= 0.6 is 0 Å². The molecule has 100 valence electrons. The van der Waals surface area contributed by atoms with Crippen molar-refractivity contribution in [1.29, 1.82) is 0 Å². The van der Waals surface area contributed by atoms with E-state index in [9.17, 15) is 4.79 Å². The van der Waals surface area contributed by atoms with E-state index in [0.717, 1.165) is 11.3 Å². The van der Waals surface area contributed by atoms with Gasteiger partial charge in [-0.15, -0.1) is 0 Å². The summed E-state index contributed by atoms with van der Waals surface area (Å²) in [5.41, 5.74) is 7.07. The second kappa shape index (κ2) is 5.90. The van der Waals surface area contributed by atoms with Crippen molar-refractivity contribution in [2.75, 3.05) is 12.8 Å². The van der Waals surface area contributed by atoms with E-state index in [1.165, 1.54) is 10.9 Å². The van der Waals surface area contributed by atoms with Gasteiger partial charge in [-0.25, -0.2) is 0 Å². The monoisotopic (exact) mass is 260 g/mol. The number of hydrogen-bond acceptors (Lipinski definition) is 4. The quantitative estimate of drug-likeness (QED) is 0.832. The molecule has 19 heavy (non-hydrogen) atoms. The normalized spacial score (nSPS) is 10.2. The van der Waals surface area contributed by atoms with E-state index < -0.39 is 0 Å². The molecule has 6 nitrogen and oxygen atoms in total. The fourth-order valence-corrected chi connectivity index (χ4v) is 1.61. The fraction of sp³-hybridized carbons (Fsp3) is 0.231. The predicted molar refractivity (Wildman–Crippen MR) is 71.5 cm³/mol. The number of rotatable bonds is 5. The van der Waals surface area contributed by atoms with Crippen LogP contribution in [0.15, 0.2) is 36.7 Å². The lowest BCUT2D eigenvalue weighted by molar-refractivity contribution is -0.122. The molecule has 2 aromatic rings. The van der Waals surface area contributed by atoms with Crippen LogP contribution in [0.3, 0.4) is 0 Å². The Balaban J connectivity index is 1.82. The number of nitrogens with zero attached hydrogens (tertiary/aromatic N) is 2. The molecule has 6 heteroatoms. The van der Waals surface area contributed by atoms with E-state index in [0.29, 0.717) is 12.2 Å². The summed E-state index contributed by atoms with van der Waals surface area (Å²) in [4.78, 5) is 11.7. The topological polar surface area (TPSA) is 82.2 Å². The lowest BCUT2D eigenvalue weighted by Gasteiger charge is -2.06. The van der Waals surface area contributed by atoms with Gasteiger partial charge in [0.1, 0.15) is 12.3 Å². The van der Waals surface area contributed by atoms with Gasteiger partial charge >= 0.3 is 0 Å². The highest BCUT2D eigenvalue weighted by Crippen LogP contribution is 2.10. The number of nitrogens with two attached hydrogens (primary N) is 1. The summed E-state index contributed by atoms with van der Waals surface area (Å²) in [5.74, 6) is 0.681. The molecule has 0 bridgehead atoms. The van der Waals surface area contributed by atoms with E-state index in [1.807, 2.05) is 24.3 Å². The largest absolute Gasteiger partial charge is 0.497 e. The Labute approximate surface area is 111 Å². The van der Waals surface area contributed by atoms with Crippen LogP contribution < -0.4 is 15.8 Å². The van der Waals surface area contributed by atoms with Crippen LogP contribution in [-0.2, 0) is 17.9 Å². The van der Waals surface area contributed by atoms with Crippen LogP contribution in [0.5, 0.6) is 5.75 Å². The standard InChI is InChI=1S/C13H16N4O2/c1-19-12-4-2-10(3-5-12)6-15-13(18)9-17-8-11(14)7-16-17/h2-5,7-8H,6,9,14H2,1H3,(H,15,18). The molecular formula is C13H16N4O2. The Morgan fingerprint density at radius 3 is 2.74 bits per heavy atom. The Bertz CT molecular complexity index is 548. The molecule has 0 atom stereocenters. The van der Waals surface area contributed by atoms with Gasteiger partial charge in [-0.3, -0.25) is 9.48 Å². The SMILES string of the molecule is COc1ccc(CNC(=O)Cn2cc(N)cn2)cc1. The van der Waals surface area contributed by atoms with Crippen LogP contribution in [0.1, 0.15) is 5.56 Å². The molecule has 1 amide bonds. The predicted octanol–water partition coefficient (Wildman–Crippen LogP) is 0.790. The number of anilines is 1. The van der Waals surface area contributed by atoms with Gasteiger partial charge in [-0.2, -0.15) is 5.10 Å². The summed E-state index contributed by atoms with van der Waals surface area (Å²) in [7, 11) is 1.62. The highest BCUT2D eigenvalue weighted by molar-refractivity contribution is 5.75. The lowest BCUT2D eigenvalue weighted by Crippen LogP contribution is -2.27. The van der Waals surface area contributed by atoms with Crippen molar-refractivity contribution in [3.8, 4) is 5.75 Å². The highest BCUT2D eigenvalue weighted by atomic mass is 16.5. The number of benzene rings is 1. The number of amides is 1. The summed E-state index contributed by atoms with van der Waals surface area (Å²) >= 11 is 0. The number of ether oxygens (including phenoxy) is 1. The maximum atomic E-state index is 11.7. The Morgan fingerprint density at radius 2 is 2.16 bits per heavy atom. The molecule has 3 N–H and O–H groups in total. The van der Waals surface area contributed by atoms with E-state index in [1.54, 1.807) is 13.3 Å². The number of nitrogens with one attached hydrogen (secondary N) is 1. The molecule has 0 radical (unpaired) electrons. The van der Waals surface area contributed by atoms with Crippen LogP contribution in [0, 0.1) is 0 Å². The molecule has 1 aromatic carbocycles. The third-order valence-corrected chi connectivity index (χ3v) is 2.61. The minimum atomic E-state index is -0.112. The fourth-order valence-electron chi connectivity index (χ4n) is 1.61. The molecule has 0 saturated heterocycles. The van der Waals surface area contributed by atoms with E-state index in [2.05, 4.69) is 10.4 Å². The molecule has 2 rings (SSSR count). The highest BCUT2D eigenvalue weighted by Gasteiger charge is 2.03. The summed E-state index contributed by atoms with van der Waals surface area (Å²) in [6, 6.07) is 7.53. The van der Waals surface area contributed by atoms with Crippen molar-refractivity contribution >= 4 is 11.6 Å². The number of aromatic nitrogens is 2. The third kappa shape index (κ3) is 3.74. The Kier molecular flexibility index (Phi) is 4.02. The van der Waals surface area contributed by atoms with Crippen LogP contribution in [0.2, 0.25) is 0 Å². The summed E-state index contributed by atoms with van der Waals surface area (Å²) in [5, 5.41) is 6.76. The van der Waals surface area contributed by atoms with Crippen molar-refractivity contribution in [2.45, 2.75) is 13.1 Å². The van der Waals surface area contributed by atoms with Gasteiger partial charge < -0.3 is 15.8 Å². The maximum Gasteiger partial charge on any atom is 0.241 e. The van der Waals surface area contributed by atoms with E-state index in [-0.39, 0.29) is 12.5 Å². The van der Waals surface area contributed by atoms with Crippen molar-refractivity contribution in [2.24, 2.45) is 0 Å². The zero-order valence-electron chi connectivity index (χ0n) is 10.7. The molecule has 0 aliphatic rings. The van der Waals surface area contributed by atoms with Crippen molar-refractivity contribution in [3.63, 3.8) is 0 Å². The van der Waals surface area contributed by atoms with Gasteiger partial charge in [0, 0.05) is 12.7 Å². The maximum absolute atomic E-state index is 11.7. The van der Waals surface area contributed by atoms with E-state index >= 15 is 0 Å². The minimum absolute atomic E-state index is 0.112. The average Bonchev–Trinajstić information content (AvgIpc) is 2.82. The van der Waals surface area contributed by atoms with Crippen molar-refractivity contribution in [1.82, 2.24) is 15.1 Å². The Morgan fingerprint density at radius 1 is 1.42 bits per heavy atom. The second-order valence-electron chi connectivity index (χ2n) is 4.10. The summed E-state index contributed by atoms with van der Waals surface area (Å²) < 4.78 is 6.56. The minimum Gasteiger partial charge on any atom is -0.497 e. The molecular weight excluding hydrogens is 244 g/mol. The summed E-state index contributed by atoms with van der Waals surface area (Å²) in [6.45, 7) is 0.632. The smallest absolute Gasteiger partial charge is 0.241 e. The molecule has 0 spiro atoms. The molecule has 0 unspecified atom stereocenters. The van der Waals surface area contributed by atoms with Gasteiger partial charge in [-0.1, -0.05) is 12.1 Å². The first kappa shape index (κ1) is 12.9. The molecule has 0 aliphatic carbocycles. The first-order valence-electron chi connectivity index (χ1n) is 5.85. The molecule has 1 aromatic heterocycles. The van der Waals surface area contributed by atoms with Crippen LogP contribution in [0.4, 0.5) is 5.69 Å².